The molecule has 2 aliphatic heterocycles. The molecule has 3 heterocycles. The lowest BCUT2D eigenvalue weighted by molar-refractivity contribution is -0.334. The molecule has 2 saturated heterocycles. The SMILES string of the molecule is COC(=O)C[C@H]1C(C)(C)[C@@H]2O[C@@]34[C@H](OC(C)=O)[C@H]2C(=O)[C@]1(C)[C@H]3CC[C@@]1(C)[C@H](c2ccoc2)OC(=O)C[C@@]41O. The van der Waals surface area contributed by atoms with E-state index in [-0.39, 0.29) is 12.2 Å². The van der Waals surface area contributed by atoms with Crippen molar-refractivity contribution >= 4 is 23.7 Å². The molecular weight excluding hydrogens is 508 g/mol. The van der Waals surface area contributed by atoms with Crippen LogP contribution in [0.2, 0.25) is 0 Å². The molecule has 3 bridgehead atoms. The van der Waals surface area contributed by atoms with Gasteiger partial charge >= 0.3 is 17.9 Å². The maximum Gasteiger partial charge on any atom is 0.309 e. The van der Waals surface area contributed by atoms with Gasteiger partial charge in [0.25, 0.3) is 0 Å². The summed E-state index contributed by atoms with van der Waals surface area (Å²) in [6, 6.07) is 1.70. The fraction of sp³-hybridized carbons (Fsp3) is 0.724. The highest BCUT2D eigenvalue weighted by Gasteiger charge is 2.88. The topological polar surface area (TPSA) is 139 Å². The molecule has 3 saturated carbocycles. The highest BCUT2D eigenvalue weighted by Crippen LogP contribution is 2.77. The van der Waals surface area contributed by atoms with E-state index in [0.717, 1.165) is 0 Å². The Morgan fingerprint density at radius 3 is 2.51 bits per heavy atom. The number of hydrogen-bond donors (Lipinski definition) is 1. The van der Waals surface area contributed by atoms with Gasteiger partial charge in [-0.2, -0.15) is 0 Å². The van der Waals surface area contributed by atoms with E-state index in [9.17, 15) is 24.3 Å². The smallest absolute Gasteiger partial charge is 0.309 e. The van der Waals surface area contributed by atoms with Crippen LogP contribution in [-0.4, -0.2) is 59.3 Å². The highest BCUT2D eigenvalue weighted by molar-refractivity contribution is 5.93. The Bertz CT molecular complexity index is 1250. The Balaban J connectivity index is 1.61. The second-order valence-electron chi connectivity index (χ2n) is 13.2. The standard InChI is InChI=1S/C29H36O10/c1-14(30)37-24-20-21(33)27(5)16-7-9-26(4)22(15-8-10-36-13-15)38-19(32)12-28(26,34)29(16,24)39-23(20)25(2,3)17(27)11-18(31)35-6/h8,10,13,16-17,20,22-24,34H,7,9,11-12H2,1-6H3/t16-,17+,20+,22+,23-,24-,26+,27-,28+,29-/m1/s1. The Labute approximate surface area is 226 Å². The Hall–Kier alpha value is -2.72. The van der Waals surface area contributed by atoms with Gasteiger partial charge in [0, 0.05) is 35.7 Å². The van der Waals surface area contributed by atoms with Crippen molar-refractivity contribution in [3.63, 3.8) is 0 Å². The first-order valence-corrected chi connectivity index (χ1v) is 13.6. The number of fused-ring (bicyclic) bond motifs is 3. The van der Waals surface area contributed by atoms with Crippen molar-refractivity contribution in [2.75, 3.05) is 7.11 Å². The molecule has 0 amide bonds. The van der Waals surface area contributed by atoms with E-state index in [4.69, 9.17) is 23.4 Å². The van der Waals surface area contributed by atoms with Crippen LogP contribution in [0, 0.1) is 34.0 Å². The molecule has 10 atom stereocenters. The zero-order chi connectivity index (χ0) is 28.3. The van der Waals surface area contributed by atoms with E-state index in [0.29, 0.717) is 18.4 Å². The van der Waals surface area contributed by atoms with Crippen LogP contribution in [-0.2, 0) is 38.1 Å². The molecule has 1 aromatic heterocycles. The van der Waals surface area contributed by atoms with Crippen molar-refractivity contribution < 1.29 is 47.6 Å². The number of hydrogen-bond acceptors (Lipinski definition) is 10. The number of ether oxygens (including phenoxy) is 4. The fourth-order valence-electron chi connectivity index (χ4n) is 9.67. The lowest BCUT2D eigenvalue weighted by Gasteiger charge is -2.69. The van der Waals surface area contributed by atoms with Crippen molar-refractivity contribution in [2.24, 2.45) is 34.0 Å². The van der Waals surface area contributed by atoms with Crippen LogP contribution in [0.1, 0.15) is 72.0 Å². The van der Waals surface area contributed by atoms with E-state index < -0.39 is 87.8 Å². The summed E-state index contributed by atoms with van der Waals surface area (Å²) in [6.45, 7) is 8.90. The van der Waals surface area contributed by atoms with Gasteiger partial charge in [0.1, 0.15) is 29.2 Å². The van der Waals surface area contributed by atoms with Gasteiger partial charge in [0.05, 0.1) is 38.1 Å². The van der Waals surface area contributed by atoms with Gasteiger partial charge in [-0.15, -0.1) is 0 Å². The molecule has 0 radical (unpaired) electrons. The molecular formula is C29H36O10. The maximum absolute atomic E-state index is 14.4. The van der Waals surface area contributed by atoms with Gasteiger partial charge < -0.3 is 28.5 Å². The number of ketones is 1. The predicted octanol–water partition coefficient (Wildman–Crippen LogP) is 2.91. The second kappa shape index (κ2) is 7.94. The van der Waals surface area contributed by atoms with Crippen molar-refractivity contribution in [1.82, 2.24) is 0 Å². The van der Waals surface area contributed by atoms with Gasteiger partial charge in [-0.25, -0.2) is 0 Å². The molecule has 5 aliphatic rings. The van der Waals surface area contributed by atoms with Crippen LogP contribution in [0.4, 0.5) is 0 Å². The molecule has 10 heteroatoms. The minimum atomic E-state index is -1.87. The normalized spacial score (nSPS) is 47.2. The molecule has 39 heavy (non-hydrogen) atoms. The average Bonchev–Trinajstić information content (AvgIpc) is 3.47. The van der Waals surface area contributed by atoms with Crippen molar-refractivity contribution in [2.45, 2.75) is 89.8 Å². The summed E-state index contributed by atoms with van der Waals surface area (Å²) >= 11 is 0. The number of rotatable bonds is 4. The number of aliphatic hydroxyl groups is 1. The first kappa shape index (κ1) is 26.5. The van der Waals surface area contributed by atoms with E-state index in [1.807, 2.05) is 27.7 Å². The summed E-state index contributed by atoms with van der Waals surface area (Å²) in [7, 11) is 1.32. The minimum absolute atomic E-state index is 0.00147. The summed E-state index contributed by atoms with van der Waals surface area (Å²) in [4.78, 5) is 52.9. The summed E-state index contributed by atoms with van der Waals surface area (Å²) in [5.41, 5.74) is -5.77. The van der Waals surface area contributed by atoms with Crippen molar-refractivity contribution in [3.8, 4) is 0 Å². The molecule has 0 aromatic carbocycles. The van der Waals surface area contributed by atoms with E-state index in [1.54, 1.807) is 6.07 Å². The third-order valence-corrected chi connectivity index (χ3v) is 11.3. The van der Waals surface area contributed by atoms with E-state index in [1.165, 1.54) is 26.6 Å². The zero-order valence-corrected chi connectivity index (χ0v) is 23.1. The molecule has 1 N–H and O–H groups in total. The van der Waals surface area contributed by atoms with E-state index >= 15 is 0 Å². The number of furan rings is 1. The molecule has 1 spiro atoms. The quantitative estimate of drug-likeness (QED) is 0.445. The predicted molar refractivity (Wildman–Crippen MR) is 132 cm³/mol. The van der Waals surface area contributed by atoms with Crippen LogP contribution >= 0.6 is 0 Å². The van der Waals surface area contributed by atoms with Crippen molar-refractivity contribution in [3.05, 3.63) is 24.2 Å². The summed E-state index contributed by atoms with van der Waals surface area (Å²) < 4.78 is 29.1. The van der Waals surface area contributed by atoms with Gasteiger partial charge in [0.2, 0.25) is 0 Å². The third kappa shape index (κ3) is 2.89. The second-order valence-corrected chi connectivity index (χ2v) is 13.2. The van der Waals surface area contributed by atoms with Gasteiger partial charge in [-0.1, -0.05) is 27.7 Å². The number of carbonyl (C=O) groups is 4. The molecule has 1 aromatic rings. The van der Waals surface area contributed by atoms with Crippen LogP contribution < -0.4 is 0 Å². The number of esters is 3. The van der Waals surface area contributed by atoms with E-state index in [2.05, 4.69) is 0 Å². The first-order valence-electron chi connectivity index (χ1n) is 13.6. The lowest BCUT2D eigenvalue weighted by atomic mass is 9.36. The summed E-state index contributed by atoms with van der Waals surface area (Å²) in [5, 5.41) is 13.0. The fourth-order valence-corrected chi connectivity index (χ4v) is 9.67. The Morgan fingerprint density at radius 1 is 1.18 bits per heavy atom. The maximum atomic E-state index is 14.4. The number of methoxy groups -OCH3 is 1. The highest BCUT2D eigenvalue weighted by atomic mass is 16.6. The monoisotopic (exact) mass is 544 g/mol. The average molecular weight is 545 g/mol. The largest absolute Gasteiger partial charge is 0.472 e. The van der Waals surface area contributed by atoms with Crippen LogP contribution in [0.15, 0.2) is 23.0 Å². The molecule has 212 valence electrons. The number of cyclic esters (lactones) is 1. The summed E-state index contributed by atoms with van der Waals surface area (Å²) in [6.07, 6.45) is 0.663. The molecule has 0 unspecified atom stereocenters. The minimum Gasteiger partial charge on any atom is -0.472 e. The number of Topliss-reactive ketones (excluding diaryl/α,β-unsaturated/α-hetero) is 1. The third-order valence-electron chi connectivity index (χ3n) is 11.3. The zero-order valence-electron chi connectivity index (χ0n) is 23.1. The first-order chi connectivity index (χ1) is 18.2. The van der Waals surface area contributed by atoms with Gasteiger partial charge in [0.15, 0.2) is 0 Å². The molecule has 3 aliphatic carbocycles. The Kier molecular flexibility index (Phi) is 5.39. The molecule has 10 nitrogen and oxygen atoms in total. The summed E-state index contributed by atoms with van der Waals surface area (Å²) in [5.74, 6) is -3.77. The van der Waals surface area contributed by atoms with Gasteiger partial charge in [-0.3, -0.25) is 19.2 Å². The van der Waals surface area contributed by atoms with Crippen LogP contribution in [0.25, 0.3) is 0 Å². The van der Waals surface area contributed by atoms with Crippen LogP contribution in [0.5, 0.6) is 0 Å². The lowest BCUT2D eigenvalue weighted by Crippen LogP contribution is -2.81. The molecule has 6 rings (SSSR count). The molecule has 5 fully saturated rings. The van der Waals surface area contributed by atoms with Gasteiger partial charge in [-0.05, 0) is 30.2 Å². The van der Waals surface area contributed by atoms with Crippen LogP contribution in [0.3, 0.4) is 0 Å². The van der Waals surface area contributed by atoms with Crippen molar-refractivity contribution in [1.29, 1.82) is 0 Å². The Morgan fingerprint density at radius 2 is 1.90 bits per heavy atom. The number of carbonyl (C=O) groups excluding carboxylic acids is 4.